The smallest absolute Gasteiger partial charge is 0.165 e. The molecule has 5 aromatic rings. The van der Waals surface area contributed by atoms with Crippen LogP contribution >= 0.6 is 0 Å². The lowest BCUT2D eigenvalue weighted by molar-refractivity contribution is 0.484. The number of hydrogen-bond acceptors (Lipinski definition) is 5. The van der Waals surface area contributed by atoms with Crippen LogP contribution in [0.4, 0.5) is 5.82 Å². The van der Waals surface area contributed by atoms with Crippen molar-refractivity contribution in [2.45, 2.75) is 6.54 Å². The molecular weight excluding hydrogens is 374 g/mol. The number of ether oxygens (including phenoxy) is 1. The minimum atomic E-state index is 0.647. The highest BCUT2D eigenvalue weighted by atomic mass is 16.5. The van der Waals surface area contributed by atoms with Crippen molar-refractivity contribution < 1.29 is 4.74 Å². The second-order valence-corrected chi connectivity index (χ2v) is 6.77. The van der Waals surface area contributed by atoms with Crippen molar-refractivity contribution in [1.29, 1.82) is 0 Å². The van der Waals surface area contributed by atoms with Crippen LogP contribution < -0.4 is 10.1 Å². The van der Waals surface area contributed by atoms with Crippen LogP contribution in [0.1, 0.15) is 5.56 Å². The van der Waals surface area contributed by atoms with E-state index in [9.17, 15) is 0 Å². The minimum absolute atomic E-state index is 0.647. The molecule has 0 aliphatic carbocycles. The molecule has 146 valence electrons. The first-order valence-corrected chi connectivity index (χ1v) is 9.66. The Labute approximate surface area is 173 Å². The predicted octanol–water partition coefficient (Wildman–Crippen LogP) is 5.20. The summed E-state index contributed by atoms with van der Waals surface area (Å²) >= 11 is 0. The van der Waals surface area contributed by atoms with Gasteiger partial charge in [-0.2, -0.15) is 5.10 Å². The summed E-state index contributed by atoms with van der Waals surface area (Å²) in [5.74, 6) is 2.32. The summed E-state index contributed by atoms with van der Waals surface area (Å²) in [6.45, 7) is 0.647. The van der Waals surface area contributed by atoms with E-state index in [1.807, 2.05) is 91.4 Å². The number of pyridine rings is 1. The third-order valence-corrected chi connectivity index (χ3v) is 4.71. The van der Waals surface area contributed by atoms with Gasteiger partial charge in [-0.15, -0.1) is 0 Å². The normalized spacial score (nSPS) is 10.8. The SMILES string of the molecule is c1ccc(Oc2ccccc2-c2cnn3ccc(NCc4cccnc4)nc23)cc1. The molecule has 0 spiro atoms. The van der Waals surface area contributed by atoms with Gasteiger partial charge in [0, 0.05) is 30.7 Å². The molecule has 0 bridgehead atoms. The molecule has 5 rings (SSSR count). The summed E-state index contributed by atoms with van der Waals surface area (Å²) < 4.78 is 7.90. The van der Waals surface area contributed by atoms with E-state index >= 15 is 0 Å². The third kappa shape index (κ3) is 3.71. The molecule has 0 amide bonds. The number of fused-ring (bicyclic) bond motifs is 1. The van der Waals surface area contributed by atoms with E-state index in [1.54, 1.807) is 10.7 Å². The number of nitrogens with zero attached hydrogens (tertiary/aromatic N) is 4. The number of anilines is 1. The maximum atomic E-state index is 6.13. The zero-order valence-corrected chi connectivity index (χ0v) is 16.1. The molecule has 1 N–H and O–H groups in total. The van der Waals surface area contributed by atoms with E-state index < -0.39 is 0 Å². The van der Waals surface area contributed by atoms with Gasteiger partial charge in [0.25, 0.3) is 0 Å². The monoisotopic (exact) mass is 393 g/mol. The number of hydrogen-bond donors (Lipinski definition) is 1. The van der Waals surface area contributed by atoms with Crippen LogP contribution in [0, 0.1) is 0 Å². The molecule has 0 unspecified atom stereocenters. The van der Waals surface area contributed by atoms with E-state index in [1.165, 1.54) is 0 Å². The van der Waals surface area contributed by atoms with Crippen LogP contribution in [0.15, 0.2) is 97.6 Å². The molecule has 2 aromatic carbocycles. The van der Waals surface area contributed by atoms with E-state index in [-0.39, 0.29) is 0 Å². The Bertz CT molecular complexity index is 1270. The zero-order chi connectivity index (χ0) is 20.2. The Hall–Kier alpha value is -4.19. The summed E-state index contributed by atoms with van der Waals surface area (Å²) in [6.07, 6.45) is 7.33. The van der Waals surface area contributed by atoms with Crippen LogP contribution in [-0.2, 0) is 6.54 Å². The lowest BCUT2D eigenvalue weighted by Crippen LogP contribution is -2.03. The maximum Gasteiger partial charge on any atom is 0.165 e. The average Bonchev–Trinajstić information content (AvgIpc) is 3.23. The summed E-state index contributed by atoms with van der Waals surface area (Å²) in [5.41, 5.74) is 3.70. The van der Waals surface area contributed by atoms with Crippen molar-refractivity contribution in [1.82, 2.24) is 19.6 Å². The Kier molecular flexibility index (Phi) is 4.79. The molecule has 0 saturated carbocycles. The third-order valence-electron chi connectivity index (χ3n) is 4.71. The molecule has 0 aliphatic rings. The van der Waals surface area contributed by atoms with Gasteiger partial charge in [0.15, 0.2) is 5.65 Å². The lowest BCUT2D eigenvalue weighted by Gasteiger charge is -2.11. The molecule has 6 nitrogen and oxygen atoms in total. The van der Waals surface area contributed by atoms with Gasteiger partial charge in [0.2, 0.25) is 0 Å². The van der Waals surface area contributed by atoms with Gasteiger partial charge in [-0.25, -0.2) is 9.50 Å². The van der Waals surface area contributed by atoms with Crippen LogP contribution in [0.5, 0.6) is 11.5 Å². The molecule has 3 aromatic heterocycles. The van der Waals surface area contributed by atoms with Crippen molar-refractivity contribution in [3.8, 4) is 22.6 Å². The van der Waals surface area contributed by atoms with E-state index in [4.69, 9.17) is 9.72 Å². The first-order valence-electron chi connectivity index (χ1n) is 9.66. The van der Waals surface area contributed by atoms with E-state index in [0.29, 0.717) is 6.54 Å². The number of rotatable bonds is 6. The molecule has 0 saturated heterocycles. The van der Waals surface area contributed by atoms with Gasteiger partial charge >= 0.3 is 0 Å². The van der Waals surface area contributed by atoms with Crippen molar-refractivity contribution in [2.75, 3.05) is 5.32 Å². The lowest BCUT2D eigenvalue weighted by atomic mass is 10.1. The molecule has 3 heterocycles. The molecule has 0 radical (unpaired) electrons. The second kappa shape index (κ2) is 8.05. The van der Waals surface area contributed by atoms with Crippen LogP contribution in [0.25, 0.3) is 16.8 Å². The topological polar surface area (TPSA) is 64.3 Å². The number of aromatic nitrogens is 4. The fraction of sp³-hybridized carbons (Fsp3) is 0.0417. The van der Waals surface area contributed by atoms with Gasteiger partial charge in [-0.1, -0.05) is 42.5 Å². The number of nitrogens with one attached hydrogen (secondary N) is 1. The summed E-state index contributed by atoms with van der Waals surface area (Å²) in [5, 5.41) is 7.82. The largest absolute Gasteiger partial charge is 0.457 e. The molecular formula is C24H19N5O. The number of para-hydroxylation sites is 2. The summed E-state index contributed by atoms with van der Waals surface area (Å²) in [6, 6.07) is 23.5. The number of benzene rings is 2. The molecule has 0 fully saturated rings. The molecule has 0 aliphatic heterocycles. The average molecular weight is 393 g/mol. The maximum absolute atomic E-state index is 6.13. The van der Waals surface area contributed by atoms with Gasteiger partial charge in [0.1, 0.15) is 17.3 Å². The molecule has 6 heteroatoms. The Balaban J connectivity index is 1.48. The minimum Gasteiger partial charge on any atom is -0.457 e. The van der Waals surface area contributed by atoms with Gasteiger partial charge in [0.05, 0.1) is 11.8 Å². The zero-order valence-electron chi connectivity index (χ0n) is 16.1. The first kappa shape index (κ1) is 17.9. The first-order chi connectivity index (χ1) is 14.9. The fourth-order valence-corrected chi connectivity index (χ4v) is 3.25. The van der Waals surface area contributed by atoms with E-state index in [2.05, 4.69) is 15.4 Å². The van der Waals surface area contributed by atoms with Crippen LogP contribution in [0.3, 0.4) is 0 Å². The van der Waals surface area contributed by atoms with Gasteiger partial charge < -0.3 is 10.1 Å². The standard InChI is InChI=1S/C24H19N5O/c1-2-8-19(9-3-1)30-22-11-5-4-10-20(22)21-17-27-29-14-12-23(28-24(21)29)26-16-18-7-6-13-25-15-18/h1-15,17H,16H2,(H,26,28). The second-order valence-electron chi connectivity index (χ2n) is 6.77. The Morgan fingerprint density at radius 2 is 1.70 bits per heavy atom. The van der Waals surface area contributed by atoms with E-state index in [0.717, 1.165) is 39.7 Å². The van der Waals surface area contributed by atoms with Crippen molar-refractivity contribution >= 4 is 11.5 Å². The van der Waals surface area contributed by atoms with Crippen LogP contribution in [0.2, 0.25) is 0 Å². The van der Waals surface area contributed by atoms with Crippen molar-refractivity contribution in [3.63, 3.8) is 0 Å². The molecule has 0 atom stereocenters. The summed E-state index contributed by atoms with van der Waals surface area (Å²) in [7, 11) is 0. The highest BCUT2D eigenvalue weighted by Gasteiger charge is 2.14. The predicted molar refractivity (Wildman–Crippen MR) is 117 cm³/mol. The Morgan fingerprint density at radius 1 is 0.833 bits per heavy atom. The van der Waals surface area contributed by atoms with Crippen molar-refractivity contribution in [3.05, 3.63) is 103 Å². The Morgan fingerprint density at radius 3 is 2.57 bits per heavy atom. The highest BCUT2D eigenvalue weighted by Crippen LogP contribution is 2.35. The van der Waals surface area contributed by atoms with Crippen molar-refractivity contribution in [2.24, 2.45) is 0 Å². The summed E-state index contributed by atoms with van der Waals surface area (Å²) in [4.78, 5) is 8.94. The quantitative estimate of drug-likeness (QED) is 0.430. The fourth-order valence-electron chi connectivity index (χ4n) is 3.25. The van der Waals surface area contributed by atoms with Crippen LogP contribution in [-0.4, -0.2) is 19.6 Å². The van der Waals surface area contributed by atoms with Gasteiger partial charge in [-0.05, 0) is 35.9 Å². The highest BCUT2D eigenvalue weighted by molar-refractivity contribution is 5.81. The molecule has 30 heavy (non-hydrogen) atoms. The van der Waals surface area contributed by atoms with Gasteiger partial charge in [-0.3, -0.25) is 4.98 Å².